The van der Waals surface area contributed by atoms with Crippen molar-refractivity contribution in [1.82, 2.24) is 9.38 Å². The Morgan fingerprint density at radius 2 is 2.00 bits per heavy atom. The van der Waals surface area contributed by atoms with Crippen molar-refractivity contribution in [2.45, 2.75) is 13.8 Å². The van der Waals surface area contributed by atoms with Crippen molar-refractivity contribution >= 4 is 5.65 Å². The third-order valence-corrected chi connectivity index (χ3v) is 1.72. The SMILES string of the molecule is Cc1ccc2nc(C)cn2c1. The molecule has 56 valence electrons. The van der Waals surface area contributed by atoms with Crippen LogP contribution in [-0.2, 0) is 0 Å². The van der Waals surface area contributed by atoms with Crippen molar-refractivity contribution in [3.63, 3.8) is 0 Å². The van der Waals surface area contributed by atoms with Crippen LogP contribution in [0.3, 0.4) is 0 Å². The highest BCUT2D eigenvalue weighted by atomic mass is 15.0. The molecule has 2 rings (SSSR count). The van der Waals surface area contributed by atoms with Crippen molar-refractivity contribution < 1.29 is 0 Å². The number of fused-ring (bicyclic) bond motifs is 1. The molecule has 0 aromatic carbocycles. The number of aryl methyl sites for hydroxylation is 2. The Balaban J connectivity index is 2.82. The van der Waals surface area contributed by atoms with Gasteiger partial charge in [0.25, 0.3) is 0 Å². The predicted octanol–water partition coefficient (Wildman–Crippen LogP) is 1.95. The molecule has 11 heavy (non-hydrogen) atoms. The lowest BCUT2D eigenvalue weighted by Crippen LogP contribution is -1.82. The summed E-state index contributed by atoms with van der Waals surface area (Å²) in [5, 5.41) is 0. The van der Waals surface area contributed by atoms with E-state index in [4.69, 9.17) is 0 Å². The minimum Gasteiger partial charge on any atom is -0.307 e. The van der Waals surface area contributed by atoms with E-state index in [1.54, 1.807) is 0 Å². The first-order valence-corrected chi connectivity index (χ1v) is 3.68. The van der Waals surface area contributed by atoms with E-state index < -0.39 is 0 Å². The predicted molar refractivity (Wildman–Crippen MR) is 44.7 cm³/mol. The van der Waals surface area contributed by atoms with Crippen molar-refractivity contribution in [2.24, 2.45) is 0 Å². The van der Waals surface area contributed by atoms with Gasteiger partial charge >= 0.3 is 0 Å². The summed E-state index contributed by atoms with van der Waals surface area (Å²) in [4.78, 5) is 4.32. The number of nitrogens with zero attached hydrogens (tertiary/aromatic N) is 2. The largest absolute Gasteiger partial charge is 0.307 e. The summed E-state index contributed by atoms with van der Waals surface area (Å²) >= 11 is 0. The molecule has 0 atom stereocenters. The Kier molecular flexibility index (Phi) is 1.22. The molecule has 0 aliphatic rings. The maximum absolute atomic E-state index is 4.32. The van der Waals surface area contributed by atoms with Gasteiger partial charge in [-0.25, -0.2) is 4.98 Å². The number of rotatable bonds is 0. The fraction of sp³-hybridized carbons (Fsp3) is 0.222. The lowest BCUT2D eigenvalue weighted by molar-refractivity contribution is 1.15. The molecule has 0 N–H and O–H groups in total. The molecule has 0 radical (unpaired) electrons. The molecule has 2 heterocycles. The molecule has 2 aromatic rings. The zero-order valence-corrected chi connectivity index (χ0v) is 6.70. The Morgan fingerprint density at radius 1 is 1.18 bits per heavy atom. The second-order valence-corrected chi connectivity index (χ2v) is 2.85. The third-order valence-electron chi connectivity index (χ3n) is 1.72. The maximum atomic E-state index is 4.32. The Morgan fingerprint density at radius 3 is 2.82 bits per heavy atom. The molecule has 2 nitrogen and oxygen atoms in total. The van der Waals surface area contributed by atoms with E-state index in [2.05, 4.69) is 24.2 Å². The summed E-state index contributed by atoms with van der Waals surface area (Å²) in [5.41, 5.74) is 3.35. The summed E-state index contributed by atoms with van der Waals surface area (Å²) < 4.78 is 2.05. The van der Waals surface area contributed by atoms with Crippen molar-refractivity contribution in [2.75, 3.05) is 0 Å². The smallest absolute Gasteiger partial charge is 0.136 e. The highest BCUT2D eigenvalue weighted by Gasteiger charge is 1.94. The van der Waals surface area contributed by atoms with Gasteiger partial charge < -0.3 is 4.40 Å². The monoisotopic (exact) mass is 146 g/mol. The van der Waals surface area contributed by atoms with Crippen LogP contribution in [0.15, 0.2) is 24.5 Å². The highest BCUT2D eigenvalue weighted by Crippen LogP contribution is 2.05. The average Bonchev–Trinajstić information content (AvgIpc) is 2.27. The summed E-state index contributed by atoms with van der Waals surface area (Å²) in [6, 6.07) is 4.10. The fourth-order valence-corrected chi connectivity index (χ4v) is 1.23. The van der Waals surface area contributed by atoms with Crippen LogP contribution in [-0.4, -0.2) is 9.38 Å². The highest BCUT2D eigenvalue weighted by molar-refractivity contribution is 5.40. The standard InChI is InChI=1S/C9H10N2/c1-7-3-4-9-10-8(2)6-11(9)5-7/h3-6H,1-2H3. The molecule has 0 saturated heterocycles. The van der Waals surface area contributed by atoms with Gasteiger partial charge in [-0.05, 0) is 25.5 Å². The molecule has 0 fully saturated rings. The first kappa shape index (κ1) is 6.40. The van der Waals surface area contributed by atoms with E-state index in [1.807, 2.05) is 23.6 Å². The second kappa shape index (κ2) is 2.09. The van der Waals surface area contributed by atoms with E-state index >= 15 is 0 Å². The van der Waals surface area contributed by atoms with Gasteiger partial charge in [0.1, 0.15) is 5.65 Å². The molecule has 0 aliphatic carbocycles. The quantitative estimate of drug-likeness (QED) is 0.555. The number of hydrogen-bond donors (Lipinski definition) is 0. The molecule has 0 bridgehead atoms. The van der Waals surface area contributed by atoms with Crippen LogP contribution in [0.1, 0.15) is 11.3 Å². The van der Waals surface area contributed by atoms with Crippen LogP contribution in [0, 0.1) is 13.8 Å². The number of aromatic nitrogens is 2. The second-order valence-electron chi connectivity index (χ2n) is 2.85. The summed E-state index contributed by atoms with van der Waals surface area (Å²) in [7, 11) is 0. The van der Waals surface area contributed by atoms with Crippen LogP contribution in [0.2, 0.25) is 0 Å². The van der Waals surface area contributed by atoms with Crippen LogP contribution >= 0.6 is 0 Å². The van der Waals surface area contributed by atoms with Crippen LogP contribution in [0.4, 0.5) is 0 Å². The van der Waals surface area contributed by atoms with Crippen LogP contribution in [0.25, 0.3) is 5.65 Å². The number of pyridine rings is 1. The maximum Gasteiger partial charge on any atom is 0.136 e. The van der Waals surface area contributed by atoms with Crippen LogP contribution < -0.4 is 0 Å². The Hall–Kier alpha value is -1.31. The van der Waals surface area contributed by atoms with E-state index in [9.17, 15) is 0 Å². The normalized spacial score (nSPS) is 10.7. The van der Waals surface area contributed by atoms with Crippen LogP contribution in [0.5, 0.6) is 0 Å². The van der Waals surface area contributed by atoms with Crippen molar-refractivity contribution in [3.8, 4) is 0 Å². The van der Waals surface area contributed by atoms with E-state index in [0.717, 1.165) is 11.3 Å². The van der Waals surface area contributed by atoms with E-state index in [0.29, 0.717) is 0 Å². The molecular weight excluding hydrogens is 136 g/mol. The molecule has 0 spiro atoms. The van der Waals surface area contributed by atoms with E-state index in [-0.39, 0.29) is 0 Å². The van der Waals surface area contributed by atoms with Gasteiger partial charge in [0, 0.05) is 12.4 Å². The van der Waals surface area contributed by atoms with Gasteiger partial charge in [-0.15, -0.1) is 0 Å². The van der Waals surface area contributed by atoms with Crippen molar-refractivity contribution in [3.05, 3.63) is 35.8 Å². The topological polar surface area (TPSA) is 17.3 Å². The van der Waals surface area contributed by atoms with E-state index in [1.165, 1.54) is 5.56 Å². The summed E-state index contributed by atoms with van der Waals surface area (Å²) in [6.45, 7) is 4.08. The summed E-state index contributed by atoms with van der Waals surface area (Å²) in [6.07, 6.45) is 4.11. The van der Waals surface area contributed by atoms with Gasteiger partial charge in [-0.3, -0.25) is 0 Å². The number of imidazole rings is 1. The van der Waals surface area contributed by atoms with Crippen molar-refractivity contribution in [1.29, 1.82) is 0 Å². The average molecular weight is 146 g/mol. The minimum atomic E-state index is 1.02. The molecule has 0 unspecified atom stereocenters. The molecule has 0 saturated carbocycles. The zero-order valence-electron chi connectivity index (χ0n) is 6.70. The first-order valence-electron chi connectivity index (χ1n) is 3.68. The molecule has 2 heteroatoms. The molecule has 0 aliphatic heterocycles. The minimum absolute atomic E-state index is 1.02. The first-order chi connectivity index (χ1) is 5.25. The molecule has 0 amide bonds. The number of hydrogen-bond acceptors (Lipinski definition) is 1. The third kappa shape index (κ3) is 1.00. The molecule has 2 aromatic heterocycles. The zero-order chi connectivity index (χ0) is 7.84. The van der Waals surface area contributed by atoms with Gasteiger partial charge in [0.05, 0.1) is 5.69 Å². The Bertz CT molecular complexity index is 387. The Labute approximate surface area is 65.5 Å². The van der Waals surface area contributed by atoms with Gasteiger partial charge in [-0.2, -0.15) is 0 Å². The van der Waals surface area contributed by atoms with Gasteiger partial charge in [0.2, 0.25) is 0 Å². The van der Waals surface area contributed by atoms with Gasteiger partial charge in [0.15, 0.2) is 0 Å². The van der Waals surface area contributed by atoms with Gasteiger partial charge in [-0.1, -0.05) is 6.07 Å². The molecular formula is C9H10N2. The summed E-state index contributed by atoms with van der Waals surface area (Å²) in [5.74, 6) is 0. The lowest BCUT2D eigenvalue weighted by Gasteiger charge is -1.92. The fourth-order valence-electron chi connectivity index (χ4n) is 1.23. The lowest BCUT2D eigenvalue weighted by atomic mass is 10.3.